The predicted molar refractivity (Wildman–Crippen MR) is 165 cm³/mol. The van der Waals surface area contributed by atoms with E-state index in [0.717, 1.165) is 44.3 Å². The lowest BCUT2D eigenvalue weighted by Gasteiger charge is -2.16. The summed E-state index contributed by atoms with van der Waals surface area (Å²) in [4.78, 5) is 24.3. The van der Waals surface area contributed by atoms with Gasteiger partial charge in [-0.25, -0.2) is 4.57 Å². The van der Waals surface area contributed by atoms with Crippen molar-refractivity contribution in [3.63, 3.8) is 0 Å². The SMILES string of the molecule is CCCCCCCCCCCC(=O)O[C@@H](COP=O)COC(=O)CCCCCCCCCCCCCCCS. The molecule has 0 spiro atoms. The van der Waals surface area contributed by atoms with E-state index in [4.69, 9.17) is 14.0 Å². The fraction of sp³-hybridized carbons (Fsp3) is 0.935. The van der Waals surface area contributed by atoms with E-state index in [9.17, 15) is 14.2 Å². The first-order chi connectivity index (χ1) is 19.1. The monoisotopic (exact) mass is 590 g/mol. The number of hydrogen-bond donors (Lipinski definition) is 1. The van der Waals surface area contributed by atoms with Crippen LogP contribution in [-0.2, 0) is 28.2 Å². The Morgan fingerprint density at radius 3 is 1.44 bits per heavy atom. The molecule has 0 aliphatic carbocycles. The molecule has 39 heavy (non-hydrogen) atoms. The molecule has 0 fully saturated rings. The Morgan fingerprint density at radius 1 is 0.590 bits per heavy atom. The average molecular weight is 591 g/mol. The van der Waals surface area contributed by atoms with Crippen molar-refractivity contribution >= 4 is 33.3 Å². The normalized spacial score (nSPS) is 12.1. The second-order valence-corrected chi connectivity index (χ2v) is 11.7. The molecular formula is C31H59O6PS. The number of unbranched alkanes of at least 4 members (excludes halogenated alkanes) is 20. The van der Waals surface area contributed by atoms with Gasteiger partial charge in [0.15, 0.2) is 6.10 Å². The van der Waals surface area contributed by atoms with Crippen molar-refractivity contribution < 1.29 is 28.2 Å². The molecule has 0 heterocycles. The number of carbonyl (C=O) groups excluding carboxylic acids is 2. The van der Waals surface area contributed by atoms with Crippen LogP contribution in [0, 0.1) is 0 Å². The third-order valence-electron chi connectivity index (χ3n) is 7.06. The van der Waals surface area contributed by atoms with Crippen molar-refractivity contribution in [2.75, 3.05) is 19.0 Å². The van der Waals surface area contributed by atoms with Crippen molar-refractivity contribution in [1.29, 1.82) is 0 Å². The molecule has 0 unspecified atom stereocenters. The van der Waals surface area contributed by atoms with E-state index < -0.39 is 14.8 Å². The number of hydrogen-bond acceptors (Lipinski definition) is 7. The Kier molecular flexibility index (Phi) is 31.3. The highest BCUT2D eigenvalue weighted by atomic mass is 32.1. The molecule has 0 aromatic heterocycles. The maximum absolute atomic E-state index is 12.2. The topological polar surface area (TPSA) is 78.9 Å². The zero-order valence-electron chi connectivity index (χ0n) is 25.0. The van der Waals surface area contributed by atoms with Crippen molar-refractivity contribution in [1.82, 2.24) is 0 Å². The Bertz CT molecular complexity index is 563. The number of carbonyl (C=O) groups is 2. The quantitative estimate of drug-likeness (QED) is 0.0375. The van der Waals surface area contributed by atoms with E-state index in [1.54, 1.807) is 0 Å². The van der Waals surface area contributed by atoms with E-state index >= 15 is 0 Å². The number of thiol groups is 1. The molecule has 0 rings (SSSR count). The van der Waals surface area contributed by atoms with Crippen LogP contribution in [0.5, 0.6) is 0 Å². The van der Waals surface area contributed by atoms with Crippen molar-refractivity contribution in [2.24, 2.45) is 0 Å². The van der Waals surface area contributed by atoms with E-state index in [0.29, 0.717) is 12.8 Å². The largest absolute Gasteiger partial charge is 0.462 e. The van der Waals surface area contributed by atoms with Gasteiger partial charge in [-0.3, -0.25) is 14.1 Å². The predicted octanol–water partition coefficient (Wildman–Crippen LogP) is 9.98. The highest BCUT2D eigenvalue weighted by molar-refractivity contribution is 7.80. The van der Waals surface area contributed by atoms with Gasteiger partial charge in [-0.15, -0.1) is 0 Å². The van der Waals surface area contributed by atoms with Crippen LogP contribution >= 0.6 is 21.3 Å². The number of rotatable bonds is 31. The molecule has 0 bridgehead atoms. The summed E-state index contributed by atoms with van der Waals surface area (Å²) in [6.45, 7) is 2.10. The second-order valence-electron chi connectivity index (χ2n) is 10.8. The van der Waals surface area contributed by atoms with Gasteiger partial charge in [-0.2, -0.15) is 12.6 Å². The lowest BCUT2D eigenvalue weighted by molar-refractivity contribution is -0.160. The van der Waals surface area contributed by atoms with Gasteiger partial charge in [-0.05, 0) is 25.0 Å². The lowest BCUT2D eigenvalue weighted by atomic mass is 10.0. The first-order valence-electron chi connectivity index (χ1n) is 16.0. The van der Waals surface area contributed by atoms with Crippen LogP contribution in [0.15, 0.2) is 0 Å². The van der Waals surface area contributed by atoms with Crippen LogP contribution in [0.4, 0.5) is 0 Å². The summed E-state index contributed by atoms with van der Waals surface area (Å²) in [5.74, 6) is 0.398. The highest BCUT2D eigenvalue weighted by Crippen LogP contribution is 2.14. The van der Waals surface area contributed by atoms with Crippen molar-refractivity contribution in [2.45, 2.75) is 167 Å². The van der Waals surface area contributed by atoms with Crippen molar-refractivity contribution in [3.8, 4) is 0 Å². The average Bonchev–Trinajstić information content (AvgIpc) is 2.93. The fourth-order valence-corrected chi connectivity index (χ4v) is 5.09. The van der Waals surface area contributed by atoms with Gasteiger partial charge in [0.2, 0.25) is 0 Å². The van der Waals surface area contributed by atoms with Crippen LogP contribution in [0.1, 0.15) is 161 Å². The summed E-state index contributed by atoms with van der Waals surface area (Å²) in [6, 6.07) is 0. The first kappa shape index (κ1) is 38.4. The molecule has 0 aliphatic rings. The minimum Gasteiger partial charge on any atom is -0.462 e. The molecule has 0 radical (unpaired) electrons. The van der Waals surface area contributed by atoms with Crippen LogP contribution in [0.2, 0.25) is 0 Å². The minimum absolute atomic E-state index is 0.0576. The smallest absolute Gasteiger partial charge is 0.327 e. The van der Waals surface area contributed by atoms with Gasteiger partial charge in [0.1, 0.15) is 13.2 Å². The summed E-state index contributed by atoms with van der Waals surface area (Å²) in [5.41, 5.74) is 0. The highest BCUT2D eigenvalue weighted by Gasteiger charge is 2.17. The van der Waals surface area contributed by atoms with E-state index in [1.165, 1.54) is 103 Å². The fourth-order valence-electron chi connectivity index (χ4n) is 4.64. The van der Waals surface area contributed by atoms with Crippen LogP contribution in [-0.4, -0.2) is 37.0 Å². The zero-order chi connectivity index (χ0) is 28.7. The number of ether oxygens (including phenoxy) is 2. The maximum atomic E-state index is 12.2. The summed E-state index contributed by atoms with van der Waals surface area (Å²) in [7, 11) is -0.483. The maximum Gasteiger partial charge on any atom is 0.327 e. The molecule has 1 atom stereocenters. The van der Waals surface area contributed by atoms with Gasteiger partial charge in [0.25, 0.3) is 0 Å². The molecular weight excluding hydrogens is 531 g/mol. The molecule has 0 aromatic rings. The Hall–Kier alpha value is -0.650. The minimum atomic E-state index is -0.727. The third-order valence-corrected chi connectivity index (χ3v) is 7.64. The van der Waals surface area contributed by atoms with Gasteiger partial charge >= 0.3 is 20.6 Å². The molecule has 0 aliphatic heterocycles. The van der Waals surface area contributed by atoms with Crippen LogP contribution < -0.4 is 0 Å². The summed E-state index contributed by atoms with van der Waals surface area (Å²) in [6.07, 6.45) is 26.7. The number of esters is 2. The van der Waals surface area contributed by atoms with E-state index in [2.05, 4.69) is 19.6 Å². The second kappa shape index (κ2) is 31.9. The van der Waals surface area contributed by atoms with Crippen LogP contribution in [0.3, 0.4) is 0 Å². The summed E-state index contributed by atoms with van der Waals surface area (Å²) >= 11 is 4.25. The Morgan fingerprint density at radius 2 is 1.00 bits per heavy atom. The molecule has 0 saturated heterocycles. The molecule has 230 valence electrons. The summed E-state index contributed by atoms with van der Waals surface area (Å²) < 4.78 is 26.3. The van der Waals surface area contributed by atoms with Crippen molar-refractivity contribution in [3.05, 3.63) is 0 Å². The van der Waals surface area contributed by atoms with Gasteiger partial charge in [-0.1, -0.05) is 129 Å². The summed E-state index contributed by atoms with van der Waals surface area (Å²) in [5, 5.41) is 0. The van der Waals surface area contributed by atoms with Crippen LogP contribution in [0.25, 0.3) is 0 Å². The molecule has 0 saturated carbocycles. The third kappa shape index (κ3) is 30.1. The Labute approximate surface area is 247 Å². The lowest BCUT2D eigenvalue weighted by Crippen LogP contribution is -2.28. The van der Waals surface area contributed by atoms with Gasteiger partial charge < -0.3 is 9.47 Å². The Balaban J connectivity index is 3.75. The molecule has 0 N–H and O–H groups in total. The first-order valence-corrected chi connectivity index (χ1v) is 17.4. The standard InChI is InChI=1S/C31H59O6PS/c1-2-3-4-5-6-12-16-19-22-25-31(33)37-29(28-36-38-34)27-35-30(32)24-21-18-15-13-10-8-7-9-11-14-17-20-23-26-39/h29,39H,2-28H2,1H3/t29-/m1/s1. The molecule has 8 heteroatoms. The van der Waals surface area contributed by atoms with Gasteiger partial charge in [0, 0.05) is 12.8 Å². The van der Waals surface area contributed by atoms with E-state index in [-0.39, 0.29) is 25.2 Å². The van der Waals surface area contributed by atoms with Gasteiger partial charge in [0.05, 0.1) is 0 Å². The zero-order valence-corrected chi connectivity index (χ0v) is 26.8. The molecule has 6 nitrogen and oxygen atoms in total. The van der Waals surface area contributed by atoms with E-state index in [1.807, 2.05) is 0 Å². The molecule has 0 amide bonds. The molecule has 0 aromatic carbocycles.